The molecule has 0 unspecified atom stereocenters. The largest absolute Gasteiger partial charge is 0.508 e. The van der Waals surface area contributed by atoms with E-state index in [4.69, 9.17) is 0 Å². The molecule has 0 aliphatic heterocycles. The van der Waals surface area contributed by atoms with Gasteiger partial charge < -0.3 is 10.4 Å². The fourth-order valence-corrected chi connectivity index (χ4v) is 2.04. The van der Waals surface area contributed by atoms with Crippen molar-refractivity contribution >= 4 is 17.7 Å². The van der Waals surface area contributed by atoms with E-state index in [1.54, 1.807) is 18.2 Å². The predicted octanol–water partition coefficient (Wildman–Crippen LogP) is 3.66. The highest BCUT2D eigenvalue weighted by Gasteiger charge is 2.06. The molecule has 0 fully saturated rings. The average molecular weight is 267 g/mol. The summed E-state index contributed by atoms with van der Waals surface area (Å²) in [5.41, 5.74) is 3.39. The number of nitrogens with one attached hydrogen (secondary N) is 1. The van der Waals surface area contributed by atoms with Crippen LogP contribution in [-0.4, -0.2) is 11.0 Å². The molecule has 3 heteroatoms. The first-order chi connectivity index (χ1) is 9.56. The van der Waals surface area contributed by atoms with Gasteiger partial charge in [0.1, 0.15) is 5.75 Å². The van der Waals surface area contributed by atoms with Crippen LogP contribution < -0.4 is 5.32 Å². The van der Waals surface area contributed by atoms with E-state index in [0.717, 1.165) is 22.4 Å². The number of amides is 1. The Kier molecular flexibility index (Phi) is 4.20. The van der Waals surface area contributed by atoms with Gasteiger partial charge in [-0.25, -0.2) is 0 Å². The van der Waals surface area contributed by atoms with Gasteiger partial charge in [-0.05, 0) is 48.7 Å². The van der Waals surface area contributed by atoms with Crippen LogP contribution in [-0.2, 0) is 4.79 Å². The van der Waals surface area contributed by atoms with Gasteiger partial charge in [-0.1, -0.05) is 30.3 Å². The number of hydrogen-bond donors (Lipinski definition) is 2. The van der Waals surface area contributed by atoms with E-state index in [1.807, 2.05) is 44.2 Å². The molecule has 0 heterocycles. The second-order valence-electron chi connectivity index (χ2n) is 4.69. The number of phenolic OH excluding ortho intramolecular Hbond substituents is 1. The minimum Gasteiger partial charge on any atom is -0.508 e. The van der Waals surface area contributed by atoms with Crippen LogP contribution in [0, 0.1) is 13.8 Å². The first-order valence-corrected chi connectivity index (χ1v) is 6.40. The molecule has 0 saturated carbocycles. The summed E-state index contributed by atoms with van der Waals surface area (Å²) in [4.78, 5) is 11.9. The fraction of sp³-hybridized carbons (Fsp3) is 0.118. The molecule has 0 bridgehead atoms. The first kappa shape index (κ1) is 13.9. The SMILES string of the molecule is Cc1cc(O)cc(C)c1NC(=O)/C=C/c1ccccc1. The third-order valence-corrected chi connectivity index (χ3v) is 2.99. The number of phenols is 1. The lowest BCUT2D eigenvalue weighted by Gasteiger charge is -2.10. The summed E-state index contributed by atoms with van der Waals surface area (Å²) in [6.07, 6.45) is 3.27. The van der Waals surface area contributed by atoms with Gasteiger partial charge in [-0.3, -0.25) is 4.79 Å². The number of aromatic hydroxyl groups is 1. The minimum atomic E-state index is -0.189. The topological polar surface area (TPSA) is 49.3 Å². The van der Waals surface area contributed by atoms with Crippen LogP contribution >= 0.6 is 0 Å². The maximum atomic E-state index is 11.9. The highest BCUT2D eigenvalue weighted by molar-refractivity contribution is 6.02. The van der Waals surface area contributed by atoms with Crippen LogP contribution in [0.3, 0.4) is 0 Å². The van der Waals surface area contributed by atoms with E-state index in [2.05, 4.69) is 5.32 Å². The maximum absolute atomic E-state index is 11.9. The van der Waals surface area contributed by atoms with Gasteiger partial charge in [0.25, 0.3) is 0 Å². The molecule has 0 atom stereocenters. The molecular weight excluding hydrogens is 250 g/mol. The van der Waals surface area contributed by atoms with Crippen LogP contribution in [0.25, 0.3) is 6.08 Å². The van der Waals surface area contributed by atoms with Crippen molar-refractivity contribution in [3.63, 3.8) is 0 Å². The smallest absolute Gasteiger partial charge is 0.248 e. The molecule has 0 aliphatic carbocycles. The zero-order valence-corrected chi connectivity index (χ0v) is 11.6. The monoisotopic (exact) mass is 267 g/mol. The molecule has 20 heavy (non-hydrogen) atoms. The maximum Gasteiger partial charge on any atom is 0.248 e. The van der Waals surface area contributed by atoms with Crippen LogP contribution in [0.4, 0.5) is 5.69 Å². The van der Waals surface area contributed by atoms with Crippen LogP contribution in [0.5, 0.6) is 5.75 Å². The minimum absolute atomic E-state index is 0.189. The molecule has 102 valence electrons. The summed E-state index contributed by atoms with van der Waals surface area (Å²) >= 11 is 0. The second kappa shape index (κ2) is 6.06. The molecule has 2 N–H and O–H groups in total. The lowest BCUT2D eigenvalue weighted by Crippen LogP contribution is -2.10. The van der Waals surface area contributed by atoms with Crippen molar-refractivity contribution in [2.24, 2.45) is 0 Å². The lowest BCUT2D eigenvalue weighted by molar-refractivity contribution is -0.111. The van der Waals surface area contributed by atoms with Gasteiger partial charge in [-0.15, -0.1) is 0 Å². The number of hydrogen-bond acceptors (Lipinski definition) is 2. The quantitative estimate of drug-likeness (QED) is 0.658. The highest BCUT2D eigenvalue weighted by Crippen LogP contribution is 2.25. The summed E-state index contributed by atoms with van der Waals surface area (Å²) in [6.45, 7) is 3.70. The molecule has 0 spiro atoms. The summed E-state index contributed by atoms with van der Waals surface area (Å²) in [6, 6.07) is 12.9. The van der Waals surface area contributed by atoms with E-state index in [-0.39, 0.29) is 11.7 Å². The van der Waals surface area contributed by atoms with E-state index >= 15 is 0 Å². The van der Waals surface area contributed by atoms with E-state index in [9.17, 15) is 9.90 Å². The first-order valence-electron chi connectivity index (χ1n) is 6.40. The van der Waals surface area contributed by atoms with Gasteiger partial charge >= 0.3 is 0 Å². The van der Waals surface area contributed by atoms with E-state index < -0.39 is 0 Å². The Hall–Kier alpha value is -2.55. The zero-order valence-electron chi connectivity index (χ0n) is 11.6. The van der Waals surface area contributed by atoms with Crippen LogP contribution in [0.2, 0.25) is 0 Å². The van der Waals surface area contributed by atoms with Crippen molar-refractivity contribution in [2.45, 2.75) is 13.8 Å². The highest BCUT2D eigenvalue weighted by atomic mass is 16.3. The third-order valence-electron chi connectivity index (χ3n) is 2.99. The molecule has 2 aromatic carbocycles. The fourth-order valence-electron chi connectivity index (χ4n) is 2.04. The molecule has 2 rings (SSSR count). The molecule has 3 nitrogen and oxygen atoms in total. The Morgan fingerprint density at radius 1 is 1.10 bits per heavy atom. The van der Waals surface area contributed by atoms with Gasteiger partial charge in [-0.2, -0.15) is 0 Å². The lowest BCUT2D eigenvalue weighted by atomic mass is 10.1. The summed E-state index contributed by atoms with van der Waals surface area (Å²) in [5.74, 6) is 0.0172. The molecule has 0 aliphatic rings. The Morgan fingerprint density at radius 2 is 1.70 bits per heavy atom. The number of rotatable bonds is 3. The number of aryl methyl sites for hydroxylation is 2. The molecule has 0 aromatic heterocycles. The number of anilines is 1. The second-order valence-corrected chi connectivity index (χ2v) is 4.69. The Bertz CT molecular complexity index is 622. The summed E-state index contributed by atoms with van der Waals surface area (Å²) in [5, 5.41) is 12.3. The van der Waals surface area contributed by atoms with Gasteiger partial charge in [0, 0.05) is 11.8 Å². The van der Waals surface area contributed by atoms with Crippen molar-refractivity contribution in [3.05, 3.63) is 65.2 Å². The zero-order chi connectivity index (χ0) is 14.5. The third kappa shape index (κ3) is 3.48. The van der Waals surface area contributed by atoms with Gasteiger partial charge in [0.05, 0.1) is 0 Å². The van der Waals surface area contributed by atoms with Crippen molar-refractivity contribution < 1.29 is 9.90 Å². The van der Waals surface area contributed by atoms with Crippen LogP contribution in [0.15, 0.2) is 48.5 Å². The average Bonchev–Trinajstić information content (AvgIpc) is 2.42. The summed E-state index contributed by atoms with van der Waals surface area (Å²) < 4.78 is 0. The molecule has 1 amide bonds. The van der Waals surface area contributed by atoms with Gasteiger partial charge in [0.15, 0.2) is 0 Å². The molecule has 2 aromatic rings. The van der Waals surface area contributed by atoms with E-state index in [0.29, 0.717) is 0 Å². The molecule has 0 saturated heterocycles. The Morgan fingerprint density at radius 3 is 2.30 bits per heavy atom. The van der Waals surface area contributed by atoms with E-state index in [1.165, 1.54) is 6.08 Å². The Labute approximate surface area is 118 Å². The number of carbonyl (C=O) groups is 1. The van der Waals surface area contributed by atoms with Crippen LogP contribution in [0.1, 0.15) is 16.7 Å². The van der Waals surface area contributed by atoms with Crippen molar-refractivity contribution in [2.75, 3.05) is 5.32 Å². The van der Waals surface area contributed by atoms with Crippen molar-refractivity contribution in [1.29, 1.82) is 0 Å². The number of benzene rings is 2. The molecule has 0 radical (unpaired) electrons. The molecular formula is C17H17NO2. The van der Waals surface area contributed by atoms with Gasteiger partial charge in [0.2, 0.25) is 5.91 Å². The standard InChI is InChI=1S/C17H17NO2/c1-12-10-15(19)11-13(2)17(12)18-16(20)9-8-14-6-4-3-5-7-14/h3-11,19H,1-2H3,(H,18,20)/b9-8+. The Balaban J connectivity index is 2.11. The normalized spacial score (nSPS) is 10.7. The predicted molar refractivity (Wildman–Crippen MR) is 81.7 cm³/mol. The number of carbonyl (C=O) groups excluding carboxylic acids is 1. The summed E-state index contributed by atoms with van der Waals surface area (Å²) in [7, 11) is 0. The van der Waals surface area contributed by atoms with Crippen molar-refractivity contribution in [3.8, 4) is 5.75 Å². The van der Waals surface area contributed by atoms with Crippen molar-refractivity contribution in [1.82, 2.24) is 0 Å².